The fourth-order valence-electron chi connectivity index (χ4n) is 1.27. The highest BCUT2D eigenvalue weighted by Crippen LogP contribution is 2.31. The Morgan fingerprint density at radius 1 is 1.43 bits per heavy atom. The van der Waals surface area contributed by atoms with E-state index in [-0.39, 0.29) is 0 Å². The van der Waals surface area contributed by atoms with Crippen LogP contribution in [0, 0.1) is 6.92 Å². The molecule has 2 rings (SSSR count). The SMILES string of the molecule is Cc1sc(Br)nc1-c1cccc(Cl)c1. The van der Waals surface area contributed by atoms with Gasteiger partial charge >= 0.3 is 0 Å². The van der Waals surface area contributed by atoms with Gasteiger partial charge in [0, 0.05) is 15.5 Å². The fraction of sp³-hybridized carbons (Fsp3) is 0.100. The second-order valence-electron chi connectivity index (χ2n) is 2.88. The van der Waals surface area contributed by atoms with E-state index in [0.717, 1.165) is 20.2 Å². The molecule has 72 valence electrons. The molecule has 0 spiro atoms. The second kappa shape index (κ2) is 4.01. The topological polar surface area (TPSA) is 12.9 Å². The van der Waals surface area contributed by atoms with Crippen molar-refractivity contribution in [2.75, 3.05) is 0 Å². The van der Waals surface area contributed by atoms with Gasteiger partial charge in [-0.15, -0.1) is 11.3 Å². The molecule has 1 nitrogen and oxygen atoms in total. The molecule has 0 unspecified atom stereocenters. The van der Waals surface area contributed by atoms with Crippen LogP contribution in [0.25, 0.3) is 11.3 Å². The van der Waals surface area contributed by atoms with E-state index in [2.05, 4.69) is 27.8 Å². The molecule has 0 aliphatic carbocycles. The average molecular weight is 289 g/mol. The van der Waals surface area contributed by atoms with Crippen molar-refractivity contribution in [1.29, 1.82) is 0 Å². The van der Waals surface area contributed by atoms with Crippen LogP contribution < -0.4 is 0 Å². The van der Waals surface area contributed by atoms with Gasteiger partial charge in [0.15, 0.2) is 3.92 Å². The molecular formula is C10H7BrClNS. The number of hydrogen-bond donors (Lipinski definition) is 0. The molecule has 1 aromatic carbocycles. The number of rotatable bonds is 1. The Hall–Kier alpha value is -0.380. The Balaban J connectivity index is 2.54. The third-order valence-corrected chi connectivity index (χ3v) is 3.53. The zero-order chi connectivity index (χ0) is 10.1. The molecular weight excluding hydrogens is 282 g/mol. The van der Waals surface area contributed by atoms with Crippen LogP contribution in [0.2, 0.25) is 5.02 Å². The predicted octanol–water partition coefficient (Wildman–Crippen LogP) is 4.53. The molecule has 0 N–H and O–H groups in total. The lowest BCUT2D eigenvalue weighted by Gasteiger charge is -1.98. The van der Waals surface area contributed by atoms with E-state index in [9.17, 15) is 0 Å². The minimum atomic E-state index is 0.742. The molecule has 0 radical (unpaired) electrons. The van der Waals surface area contributed by atoms with E-state index in [1.54, 1.807) is 11.3 Å². The van der Waals surface area contributed by atoms with Gasteiger partial charge in [0.1, 0.15) is 0 Å². The molecule has 0 saturated heterocycles. The van der Waals surface area contributed by atoms with Crippen LogP contribution in [-0.2, 0) is 0 Å². The molecule has 2 aromatic rings. The Labute approximate surface area is 99.9 Å². The lowest BCUT2D eigenvalue weighted by atomic mass is 10.1. The standard InChI is InChI=1S/C10H7BrClNS/c1-6-9(13-10(11)14-6)7-3-2-4-8(12)5-7/h2-5H,1H3. The Morgan fingerprint density at radius 2 is 2.21 bits per heavy atom. The van der Waals surface area contributed by atoms with Gasteiger partial charge in [0.2, 0.25) is 0 Å². The number of hydrogen-bond acceptors (Lipinski definition) is 2. The first-order chi connectivity index (χ1) is 6.66. The number of nitrogens with zero attached hydrogens (tertiary/aromatic N) is 1. The molecule has 0 bridgehead atoms. The normalized spacial score (nSPS) is 10.5. The summed E-state index contributed by atoms with van der Waals surface area (Å²) in [4.78, 5) is 5.59. The molecule has 0 atom stereocenters. The van der Waals surface area contributed by atoms with Crippen LogP contribution in [-0.4, -0.2) is 4.98 Å². The maximum atomic E-state index is 5.92. The van der Waals surface area contributed by atoms with E-state index < -0.39 is 0 Å². The average Bonchev–Trinajstić information content (AvgIpc) is 2.45. The Morgan fingerprint density at radius 3 is 2.79 bits per heavy atom. The van der Waals surface area contributed by atoms with Gasteiger partial charge in [0.05, 0.1) is 5.69 Å². The first kappa shape index (κ1) is 10.1. The quantitative estimate of drug-likeness (QED) is 0.751. The number of aryl methyl sites for hydroxylation is 1. The van der Waals surface area contributed by atoms with Crippen LogP contribution >= 0.6 is 38.9 Å². The maximum Gasteiger partial charge on any atom is 0.160 e. The maximum absolute atomic E-state index is 5.92. The molecule has 0 fully saturated rings. The Kier molecular flexibility index (Phi) is 2.91. The molecule has 4 heteroatoms. The predicted molar refractivity (Wildman–Crippen MR) is 65.0 cm³/mol. The van der Waals surface area contributed by atoms with Crippen LogP contribution in [0.15, 0.2) is 28.2 Å². The summed E-state index contributed by atoms with van der Waals surface area (Å²) in [6.45, 7) is 2.05. The van der Waals surface area contributed by atoms with Gasteiger partial charge in [-0.25, -0.2) is 4.98 Å². The lowest BCUT2D eigenvalue weighted by Crippen LogP contribution is -1.79. The van der Waals surface area contributed by atoms with Gasteiger partial charge < -0.3 is 0 Å². The Bertz CT molecular complexity index is 467. The minimum Gasteiger partial charge on any atom is -0.229 e. The van der Waals surface area contributed by atoms with Crippen molar-refractivity contribution >= 4 is 38.9 Å². The summed E-state index contributed by atoms with van der Waals surface area (Å²) >= 11 is 10.9. The molecule has 0 aliphatic rings. The van der Waals surface area contributed by atoms with Gasteiger partial charge in [-0.3, -0.25) is 0 Å². The van der Waals surface area contributed by atoms with Crippen molar-refractivity contribution in [3.05, 3.63) is 38.1 Å². The first-order valence-corrected chi connectivity index (χ1v) is 6.04. The first-order valence-electron chi connectivity index (χ1n) is 4.05. The number of thiazole rings is 1. The van der Waals surface area contributed by atoms with Crippen molar-refractivity contribution in [2.45, 2.75) is 6.92 Å². The largest absolute Gasteiger partial charge is 0.229 e. The van der Waals surface area contributed by atoms with E-state index in [4.69, 9.17) is 11.6 Å². The van der Waals surface area contributed by atoms with E-state index in [1.807, 2.05) is 24.3 Å². The summed E-state index contributed by atoms with van der Waals surface area (Å²) in [6, 6.07) is 7.74. The van der Waals surface area contributed by atoms with Crippen LogP contribution in [0.1, 0.15) is 4.88 Å². The zero-order valence-electron chi connectivity index (χ0n) is 7.42. The van der Waals surface area contributed by atoms with Crippen LogP contribution in [0.5, 0.6) is 0 Å². The highest BCUT2D eigenvalue weighted by molar-refractivity contribution is 9.11. The molecule has 1 heterocycles. The number of aromatic nitrogens is 1. The summed E-state index contributed by atoms with van der Waals surface area (Å²) < 4.78 is 0.907. The summed E-state index contributed by atoms with van der Waals surface area (Å²) in [7, 11) is 0. The molecule has 14 heavy (non-hydrogen) atoms. The van der Waals surface area contributed by atoms with E-state index in [1.165, 1.54) is 4.88 Å². The van der Waals surface area contributed by atoms with Crippen molar-refractivity contribution in [3.63, 3.8) is 0 Å². The van der Waals surface area contributed by atoms with E-state index in [0.29, 0.717) is 0 Å². The monoisotopic (exact) mass is 287 g/mol. The molecule has 0 aliphatic heterocycles. The summed E-state index contributed by atoms with van der Waals surface area (Å²) in [5.74, 6) is 0. The highest BCUT2D eigenvalue weighted by atomic mass is 79.9. The third-order valence-electron chi connectivity index (χ3n) is 1.87. The van der Waals surface area contributed by atoms with Crippen molar-refractivity contribution in [3.8, 4) is 11.3 Å². The van der Waals surface area contributed by atoms with Gasteiger partial charge in [-0.1, -0.05) is 23.7 Å². The van der Waals surface area contributed by atoms with Crippen LogP contribution in [0.3, 0.4) is 0 Å². The second-order valence-corrected chi connectivity index (χ2v) is 5.80. The zero-order valence-corrected chi connectivity index (χ0v) is 10.6. The summed E-state index contributed by atoms with van der Waals surface area (Å²) in [6.07, 6.45) is 0. The van der Waals surface area contributed by atoms with Crippen molar-refractivity contribution in [1.82, 2.24) is 4.98 Å². The summed E-state index contributed by atoms with van der Waals surface area (Å²) in [5.41, 5.74) is 2.07. The van der Waals surface area contributed by atoms with Gasteiger partial charge in [-0.05, 0) is 35.0 Å². The van der Waals surface area contributed by atoms with E-state index >= 15 is 0 Å². The van der Waals surface area contributed by atoms with Gasteiger partial charge in [-0.2, -0.15) is 0 Å². The molecule has 0 amide bonds. The highest BCUT2D eigenvalue weighted by Gasteiger charge is 2.07. The smallest absolute Gasteiger partial charge is 0.160 e. The van der Waals surface area contributed by atoms with Crippen molar-refractivity contribution in [2.24, 2.45) is 0 Å². The molecule has 0 saturated carbocycles. The minimum absolute atomic E-state index is 0.742. The fourth-order valence-corrected chi connectivity index (χ4v) is 3.01. The van der Waals surface area contributed by atoms with Crippen molar-refractivity contribution < 1.29 is 0 Å². The number of halogens is 2. The third kappa shape index (κ3) is 2.00. The number of benzene rings is 1. The van der Waals surface area contributed by atoms with Gasteiger partial charge in [0.25, 0.3) is 0 Å². The summed E-state index contributed by atoms with van der Waals surface area (Å²) in [5, 5.41) is 0.742. The van der Waals surface area contributed by atoms with Crippen LogP contribution in [0.4, 0.5) is 0 Å². The lowest BCUT2D eigenvalue weighted by molar-refractivity contribution is 1.35. The molecule has 1 aromatic heterocycles.